The fraction of sp³-hybridized carbons (Fsp3) is 0. The second kappa shape index (κ2) is 4.43. The second-order valence-electron chi connectivity index (χ2n) is 2.97. The Morgan fingerprint density at radius 1 is 1.50 bits per heavy atom. The third kappa shape index (κ3) is 2.05. The number of nitrogens with two attached hydrogens (primary N) is 1. The molecule has 0 aliphatic heterocycles. The van der Waals surface area contributed by atoms with E-state index in [4.69, 9.17) is 15.4 Å². The summed E-state index contributed by atoms with van der Waals surface area (Å²) in [6, 6.07) is 7.59. The van der Waals surface area contributed by atoms with E-state index in [1.54, 1.807) is 0 Å². The first-order chi connectivity index (χ1) is 7.61. The average Bonchev–Trinajstić information content (AvgIpc) is 2.63. The van der Waals surface area contributed by atoms with Gasteiger partial charge in [0.15, 0.2) is 0 Å². The molecule has 2 aromatic rings. The standard InChI is InChI=1S/C10H5BrIN3O/c11-5-1-2-7(12)6(3-5)10-15-8(4-13)9(14)16-10/h1-3H,14H2. The van der Waals surface area contributed by atoms with Crippen molar-refractivity contribution >= 4 is 44.4 Å². The van der Waals surface area contributed by atoms with Crippen molar-refractivity contribution in [2.45, 2.75) is 0 Å². The van der Waals surface area contributed by atoms with E-state index in [9.17, 15) is 0 Å². The van der Waals surface area contributed by atoms with Gasteiger partial charge in [-0.05, 0) is 40.8 Å². The van der Waals surface area contributed by atoms with Gasteiger partial charge in [0.05, 0.1) is 5.56 Å². The Morgan fingerprint density at radius 2 is 2.25 bits per heavy atom. The normalized spacial score (nSPS) is 10.1. The monoisotopic (exact) mass is 389 g/mol. The molecule has 0 aliphatic rings. The van der Waals surface area contributed by atoms with E-state index in [2.05, 4.69) is 43.5 Å². The van der Waals surface area contributed by atoms with E-state index in [-0.39, 0.29) is 11.6 Å². The molecule has 16 heavy (non-hydrogen) atoms. The lowest BCUT2D eigenvalue weighted by Crippen LogP contribution is -1.84. The highest BCUT2D eigenvalue weighted by molar-refractivity contribution is 14.1. The SMILES string of the molecule is N#Cc1nc(-c2cc(Br)ccc2I)oc1N. The van der Waals surface area contributed by atoms with Crippen LogP contribution in [-0.2, 0) is 0 Å². The predicted octanol–water partition coefficient (Wildman–Crippen LogP) is 3.16. The van der Waals surface area contributed by atoms with Gasteiger partial charge < -0.3 is 10.2 Å². The molecule has 0 spiro atoms. The molecule has 1 heterocycles. The van der Waals surface area contributed by atoms with Gasteiger partial charge in [-0.2, -0.15) is 10.2 Å². The van der Waals surface area contributed by atoms with Crippen LogP contribution in [0.5, 0.6) is 0 Å². The molecule has 1 aromatic heterocycles. The third-order valence-corrected chi connectivity index (χ3v) is 3.35. The lowest BCUT2D eigenvalue weighted by atomic mass is 10.2. The van der Waals surface area contributed by atoms with Crippen molar-refractivity contribution in [3.63, 3.8) is 0 Å². The number of aromatic nitrogens is 1. The first kappa shape index (κ1) is 11.4. The number of anilines is 1. The number of rotatable bonds is 1. The minimum absolute atomic E-state index is 0.0493. The zero-order valence-corrected chi connectivity index (χ0v) is 11.6. The lowest BCUT2D eigenvalue weighted by molar-refractivity contribution is 0.593. The Balaban J connectivity index is 2.59. The quantitative estimate of drug-likeness (QED) is 0.760. The van der Waals surface area contributed by atoms with Crippen molar-refractivity contribution in [3.8, 4) is 17.5 Å². The van der Waals surface area contributed by atoms with Crippen molar-refractivity contribution in [2.75, 3.05) is 5.73 Å². The van der Waals surface area contributed by atoms with Crippen LogP contribution in [-0.4, -0.2) is 4.98 Å². The van der Waals surface area contributed by atoms with E-state index >= 15 is 0 Å². The highest BCUT2D eigenvalue weighted by Gasteiger charge is 2.14. The summed E-state index contributed by atoms with van der Waals surface area (Å²) >= 11 is 5.54. The number of hydrogen-bond acceptors (Lipinski definition) is 4. The zero-order chi connectivity index (χ0) is 11.7. The molecule has 0 amide bonds. The summed E-state index contributed by atoms with van der Waals surface area (Å²) in [7, 11) is 0. The van der Waals surface area contributed by atoms with Crippen LogP contribution in [0.25, 0.3) is 11.5 Å². The summed E-state index contributed by atoms with van der Waals surface area (Å²) < 4.78 is 7.14. The molecule has 1 aromatic carbocycles. The van der Waals surface area contributed by atoms with Gasteiger partial charge in [-0.15, -0.1) is 0 Å². The lowest BCUT2D eigenvalue weighted by Gasteiger charge is -1.99. The predicted molar refractivity (Wildman–Crippen MR) is 71.5 cm³/mol. The molecule has 6 heteroatoms. The highest BCUT2D eigenvalue weighted by Crippen LogP contribution is 2.29. The molecule has 0 fully saturated rings. The van der Waals surface area contributed by atoms with Crippen LogP contribution >= 0.6 is 38.5 Å². The largest absolute Gasteiger partial charge is 0.419 e. The molecule has 4 nitrogen and oxygen atoms in total. The molecule has 2 rings (SSSR count). The van der Waals surface area contributed by atoms with E-state index in [0.29, 0.717) is 5.89 Å². The maximum Gasteiger partial charge on any atom is 0.231 e. The van der Waals surface area contributed by atoms with E-state index in [1.165, 1.54) is 0 Å². The minimum atomic E-state index is 0.0493. The Hall–Kier alpha value is -1.07. The maximum absolute atomic E-state index is 8.74. The molecule has 80 valence electrons. The minimum Gasteiger partial charge on any atom is -0.419 e. The summed E-state index contributed by atoms with van der Waals surface area (Å²) in [5, 5.41) is 8.74. The van der Waals surface area contributed by atoms with Crippen molar-refractivity contribution in [1.82, 2.24) is 4.98 Å². The summed E-state index contributed by atoms with van der Waals surface area (Å²) in [5.74, 6) is 0.410. The topological polar surface area (TPSA) is 75.8 Å². The second-order valence-corrected chi connectivity index (χ2v) is 5.05. The van der Waals surface area contributed by atoms with E-state index < -0.39 is 0 Å². The fourth-order valence-electron chi connectivity index (χ4n) is 1.19. The van der Waals surface area contributed by atoms with Gasteiger partial charge in [-0.3, -0.25) is 0 Å². The Morgan fingerprint density at radius 3 is 2.88 bits per heavy atom. The van der Waals surface area contributed by atoms with Gasteiger partial charge in [0.1, 0.15) is 6.07 Å². The molecule has 0 unspecified atom stereocenters. The molecule has 2 N–H and O–H groups in total. The Kier molecular flexibility index (Phi) is 3.16. The van der Waals surface area contributed by atoms with Gasteiger partial charge in [0, 0.05) is 8.04 Å². The van der Waals surface area contributed by atoms with Crippen molar-refractivity contribution in [3.05, 3.63) is 31.9 Å². The Bertz CT molecular complexity index is 588. The van der Waals surface area contributed by atoms with E-state index in [0.717, 1.165) is 13.6 Å². The maximum atomic E-state index is 8.74. The van der Waals surface area contributed by atoms with Crippen molar-refractivity contribution in [1.29, 1.82) is 5.26 Å². The first-order valence-corrected chi connectivity index (χ1v) is 6.11. The van der Waals surface area contributed by atoms with Crippen LogP contribution in [0.3, 0.4) is 0 Å². The summed E-state index contributed by atoms with van der Waals surface area (Å²) in [4.78, 5) is 4.02. The van der Waals surface area contributed by atoms with Crippen LogP contribution in [0.2, 0.25) is 0 Å². The van der Waals surface area contributed by atoms with Crippen LogP contribution in [0.4, 0.5) is 5.88 Å². The zero-order valence-electron chi connectivity index (χ0n) is 7.87. The fourth-order valence-corrected chi connectivity index (χ4v) is 2.12. The number of nitriles is 1. The number of benzene rings is 1. The first-order valence-electron chi connectivity index (χ1n) is 4.23. The molecular weight excluding hydrogens is 385 g/mol. The summed E-state index contributed by atoms with van der Waals surface area (Å²) in [5.41, 5.74) is 6.44. The summed E-state index contributed by atoms with van der Waals surface area (Å²) in [6.45, 7) is 0. The highest BCUT2D eigenvalue weighted by atomic mass is 127. The van der Waals surface area contributed by atoms with Gasteiger partial charge in [0.25, 0.3) is 0 Å². The number of halogens is 2. The average molecular weight is 390 g/mol. The number of oxazole rings is 1. The molecule has 0 saturated heterocycles. The van der Waals surface area contributed by atoms with Crippen molar-refractivity contribution in [2.24, 2.45) is 0 Å². The molecule has 0 atom stereocenters. The van der Waals surface area contributed by atoms with Gasteiger partial charge in [-0.1, -0.05) is 15.9 Å². The van der Waals surface area contributed by atoms with Crippen molar-refractivity contribution < 1.29 is 4.42 Å². The number of nitrogen functional groups attached to an aromatic ring is 1. The molecule has 0 radical (unpaired) electrons. The number of hydrogen-bond donors (Lipinski definition) is 1. The van der Waals surface area contributed by atoms with Gasteiger partial charge >= 0.3 is 0 Å². The molecular formula is C10H5BrIN3O. The van der Waals surface area contributed by atoms with Crippen LogP contribution in [0, 0.1) is 14.9 Å². The van der Waals surface area contributed by atoms with Crippen LogP contribution in [0.15, 0.2) is 27.1 Å². The molecule has 0 aliphatic carbocycles. The summed E-state index contributed by atoms with van der Waals surface area (Å²) in [6.07, 6.45) is 0. The molecule has 0 saturated carbocycles. The van der Waals surface area contributed by atoms with E-state index in [1.807, 2.05) is 24.3 Å². The van der Waals surface area contributed by atoms with Crippen LogP contribution < -0.4 is 5.73 Å². The van der Waals surface area contributed by atoms with Gasteiger partial charge in [0.2, 0.25) is 17.5 Å². The third-order valence-electron chi connectivity index (χ3n) is 1.92. The number of nitrogens with zero attached hydrogens (tertiary/aromatic N) is 2. The smallest absolute Gasteiger partial charge is 0.231 e. The van der Waals surface area contributed by atoms with Gasteiger partial charge in [-0.25, -0.2) is 0 Å². The Labute approximate surface area is 114 Å². The van der Waals surface area contributed by atoms with Crippen LogP contribution in [0.1, 0.15) is 5.69 Å². The molecule has 0 bridgehead atoms.